The van der Waals surface area contributed by atoms with Gasteiger partial charge in [-0.3, -0.25) is 14.8 Å². The van der Waals surface area contributed by atoms with Crippen LogP contribution in [0.2, 0.25) is 0 Å². The van der Waals surface area contributed by atoms with Crippen molar-refractivity contribution < 1.29 is 9.84 Å². The van der Waals surface area contributed by atoms with Gasteiger partial charge in [0, 0.05) is 25.3 Å². The number of benzene rings is 1. The molecule has 0 unspecified atom stereocenters. The lowest BCUT2D eigenvalue weighted by Crippen LogP contribution is -2.49. The van der Waals surface area contributed by atoms with Crippen LogP contribution in [-0.2, 0) is 13.2 Å². The summed E-state index contributed by atoms with van der Waals surface area (Å²) in [5, 5.41) is 9.92. The van der Waals surface area contributed by atoms with Crippen molar-refractivity contribution in [3.8, 4) is 5.75 Å². The molecule has 1 aromatic carbocycles. The van der Waals surface area contributed by atoms with Crippen LogP contribution in [0.1, 0.15) is 36.9 Å². The molecule has 2 saturated heterocycles. The zero-order chi connectivity index (χ0) is 19.2. The third kappa shape index (κ3) is 5.31. The zero-order valence-electron chi connectivity index (χ0n) is 16.5. The van der Waals surface area contributed by atoms with E-state index in [0.717, 1.165) is 57.0 Å². The van der Waals surface area contributed by atoms with Gasteiger partial charge in [0.15, 0.2) is 0 Å². The Kier molecular flexibility index (Phi) is 6.57. The van der Waals surface area contributed by atoms with Gasteiger partial charge < -0.3 is 9.84 Å². The number of aliphatic hydroxyl groups excluding tert-OH is 1. The molecule has 150 valence electrons. The highest BCUT2D eigenvalue weighted by Gasteiger charge is 2.28. The van der Waals surface area contributed by atoms with E-state index in [4.69, 9.17) is 4.74 Å². The van der Waals surface area contributed by atoms with Crippen molar-refractivity contribution in [2.75, 3.05) is 26.2 Å². The topological polar surface area (TPSA) is 48.8 Å². The Morgan fingerprint density at radius 1 is 1.00 bits per heavy atom. The lowest BCUT2D eigenvalue weighted by atomic mass is 9.98. The monoisotopic (exact) mass is 381 g/mol. The molecule has 0 spiro atoms. The summed E-state index contributed by atoms with van der Waals surface area (Å²) in [6.45, 7) is 5.78. The molecule has 1 N–H and O–H groups in total. The molecular weight excluding hydrogens is 350 g/mol. The SMILES string of the molecule is O[C@@H]1CCCN(C2CCN(Cc3ccc(OCc4ccccn4)cc3)CC2)C1. The highest BCUT2D eigenvalue weighted by molar-refractivity contribution is 5.27. The Bertz CT molecular complexity index is 714. The number of aromatic nitrogens is 1. The Labute approximate surface area is 168 Å². The molecule has 2 aliphatic rings. The molecule has 0 amide bonds. The van der Waals surface area contributed by atoms with E-state index in [1.54, 1.807) is 6.20 Å². The largest absolute Gasteiger partial charge is 0.487 e. The van der Waals surface area contributed by atoms with Gasteiger partial charge >= 0.3 is 0 Å². The quantitative estimate of drug-likeness (QED) is 0.833. The third-order valence-corrected chi connectivity index (χ3v) is 5.94. The molecule has 0 aliphatic carbocycles. The first-order valence-electron chi connectivity index (χ1n) is 10.5. The molecule has 28 heavy (non-hydrogen) atoms. The summed E-state index contributed by atoms with van der Waals surface area (Å²) in [6.07, 6.45) is 6.19. The van der Waals surface area contributed by atoms with Crippen LogP contribution in [0.4, 0.5) is 0 Å². The number of β-amino-alcohol motifs (C(OH)–C–C–N with tert-alkyl or cyclic N) is 1. The van der Waals surface area contributed by atoms with Crippen LogP contribution >= 0.6 is 0 Å². The summed E-state index contributed by atoms with van der Waals surface area (Å²) in [5.41, 5.74) is 2.27. The Balaban J connectivity index is 1.22. The zero-order valence-corrected chi connectivity index (χ0v) is 16.5. The minimum atomic E-state index is -0.120. The predicted molar refractivity (Wildman–Crippen MR) is 110 cm³/mol. The van der Waals surface area contributed by atoms with Gasteiger partial charge in [0.25, 0.3) is 0 Å². The van der Waals surface area contributed by atoms with Gasteiger partial charge in [-0.05, 0) is 75.1 Å². The number of piperidine rings is 2. The van der Waals surface area contributed by atoms with Gasteiger partial charge in [-0.15, -0.1) is 0 Å². The number of pyridine rings is 1. The molecule has 1 aromatic heterocycles. The molecule has 2 fully saturated rings. The van der Waals surface area contributed by atoms with Gasteiger partial charge in [0.1, 0.15) is 12.4 Å². The van der Waals surface area contributed by atoms with Crippen LogP contribution in [0.5, 0.6) is 5.75 Å². The summed E-state index contributed by atoms with van der Waals surface area (Å²) in [4.78, 5) is 9.34. The minimum absolute atomic E-state index is 0.120. The van der Waals surface area contributed by atoms with Crippen molar-refractivity contribution in [3.05, 3.63) is 59.9 Å². The average molecular weight is 382 g/mol. The second-order valence-electron chi connectivity index (χ2n) is 8.05. The first-order chi connectivity index (χ1) is 13.8. The second kappa shape index (κ2) is 9.50. The number of nitrogens with zero attached hydrogens (tertiary/aromatic N) is 3. The highest BCUT2D eigenvalue weighted by Crippen LogP contribution is 2.23. The Morgan fingerprint density at radius 3 is 2.54 bits per heavy atom. The molecule has 2 aliphatic heterocycles. The van der Waals surface area contributed by atoms with Gasteiger partial charge in [0.2, 0.25) is 0 Å². The fraction of sp³-hybridized carbons (Fsp3) is 0.522. The number of ether oxygens (including phenoxy) is 1. The summed E-state index contributed by atoms with van der Waals surface area (Å²) < 4.78 is 5.82. The van der Waals surface area contributed by atoms with E-state index in [1.807, 2.05) is 18.2 Å². The lowest BCUT2D eigenvalue weighted by molar-refractivity contribution is 0.0243. The standard InChI is InChI=1S/C23H31N3O2/c27-22-5-3-13-26(17-22)21-10-14-25(15-11-21)16-19-6-8-23(9-7-19)28-18-20-4-1-2-12-24-20/h1-2,4,6-9,12,21-22,27H,3,5,10-11,13-18H2/t22-/m1/s1. The van der Waals surface area contributed by atoms with Crippen LogP contribution in [-0.4, -0.2) is 58.2 Å². The molecule has 4 rings (SSSR count). The summed E-state index contributed by atoms with van der Waals surface area (Å²) >= 11 is 0. The number of aliphatic hydroxyl groups is 1. The molecule has 0 bridgehead atoms. The van der Waals surface area contributed by atoms with Gasteiger partial charge in [-0.2, -0.15) is 0 Å². The van der Waals surface area contributed by atoms with Crippen LogP contribution in [0.3, 0.4) is 0 Å². The third-order valence-electron chi connectivity index (χ3n) is 5.94. The molecule has 2 aromatic rings. The minimum Gasteiger partial charge on any atom is -0.487 e. The molecule has 0 radical (unpaired) electrons. The van der Waals surface area contributed by atoms with Crippen LogP contribution in [0.25, 0.3) is 0 Å². The van der Waals surface area contributed by atoms with Crippen molar-refractivity contribution in [2.45, 2.75) is 51.0 Å². The summed E-state index contributed by atoms with van der Waals surface area (Å²) in [6, 6.07) is 15.0. The molecule has 1 atom stereocenters. The van der Waals surface area contributed by atoms with Gasteiger partial charge in [-0.1, -0.05) is 18.2 Å². The maximum Gasteiger partial charge on any atom is 0.130 e. The highest BCUT2D eigenvalue weighted by atomic mass is 16.5. The first kappa shape index (κ1) is 19.4. The van der Waals surface area contributed by atoms with Crippen LogP contribution < -0.4 is 4.74 Å². The Hall–Kier alpha value is -1.95. The smallest absolute Gasteiger partial charge is 0.130 e. The number of rotatable bonds is 6. The fourth-order valence-electron chi connectivity index (χ4n) is 4.35. The van der Waals surface area contributed by atoms with Crippen molar-refractivity contribution in [3.63, 3.8) is 0 Å². The van der Waals surface area contributed by atoms with Crippen LogP contribution in [0, 0.1) is 0 Å². The van der Waals surface area contributed by atoms with Crippen LogP contribution in [0.15, 0.2) is 48.7 Å². The summed E-state index contributed by atoms with van der Waals surface area (Å²) in [5.74, 6) is 0.886. The van der Waals surface area contributed by atoms with E-state index in [2.05, 4.69) is 39.0 Å². The average Bonchev–Trinajstić information content (AvgIpc) is 2.75. The van der Waals surface area contributed by atoms with Crippen molar-refractivity contribution in [1.29, 1.82) is 0 Å². The van der Waals surface area contributed by atoms with E-state index in [9.17, 15) is 5.11 Å². The normalized spacial score (nSPS) is 22.2. The number of likely N-dealkylation sites (tertiary alicyclic amines) is 2. The molecular formula is C23H31N3O2. The lowest BCUT2D eigenvalue weighted by Gasteiger charge is -2.41. The second-order valence-corrected chi connectivity index (χ2v) is 8.05. The van der Waals surface area contributed by atoms with Crippen molar-refractivity contribution >= 4 is 0 Å². The Morgan fingerprint density at radius 2 is 1.82 bits per heavy atom. The molecule has 5 nitrogen and oxygen atoms in total. The van der Waals surface area contributed by atoms with E-state index >= 15 is 0 Å². The van der Waals surface area contributed by atoms with Crippen molar-refractivity contribution in [2.24, 2.45) is 0 Å². The first-order valence-corrected chi connectivity index (χ1v) is 10.5. The fourth-order valence-corrected chi connectivity index (χ4v) is 4.35. The van der Waals surface area contributed by atoms with Gasteiger partial charge in [0.05, 0.1) is 11.8 Å². The number of hydrogen-bond acceptors (Lipinski definition) is 5. The van der Waals surface area contributed by atoms with Crippen molar-refractivity contribution in [1.82, 2.24) is 14.8 Å². The molecule has 5 heteroatoms. The summed E-state index contributed by atoms with van der Waals surface area (Å²) in [7, 11) is 0. The molecule has 0 saturated carbocycles. The number of hydrogen-bond donors (Lipinski definition) is 1. The van der Waals surface area contributed by atoms with E-state index in [0.29, 0.717) is 12.6 Å². The van der Waals surface area contributed by atoms with E-state index < -0.39 is 0 Å². The maximum absolute atomic E-state index is 9.92. The van der Waals surface area contributed by atoms with Gasteiger partial charge in [-0.25, -0.2) is 0 Å². The maximum atomic E-state index is 9.92. The van der Waals surface area contributed by atoms with E-state index in [1.165, 1.54) is 18.4 Å². The van der Waals surface area contributed by atoms with E-state index in [-0.39, 0.29) is 6.10 Å². The molecule has 3 heterocycles. The predicted octanol–water partition coefficient (Wildman–Crippen LogP) is 3.08.